The third-order valence-corrected chi connectivity index (χ3v) is 8.88. The normalized spacial score (nSPS) is 11.5. The molecular weight excluding hydrogens is 784 g/mol. The maximum atomic E-state index is 10.8. The monoisotopic (exact) mass is 816 g/mol. The maximum Gasteiger partial charge on any atom is 0.123 e. The number of benzene rings is 6. The zero-order valence-corrected chi connectivity index (χ0v) is 29.6. The second kappa shape index (κ2) is 12.9. The average molecular weight is 817 g/mol. The molecule has 49 heavy (non-hydrogen) atoms. The van der Waals surface area contributed by atoms with E-state index in [4.69, 9.17) is 9.97 Å². The van der Waals surface area contributed by atoms with Crippen LogP contribution in [0.15, 0.2) is 140 Å². The van der Waals surface area contributed by atoms with Gasteiger partial charge in [0.15, 0.2) is 0 Å². The molecule has 0 aliphatic heterocycles. The fraction of sp³-hybridized carbons (Fsp3) is 0.0930. The van der Waals surface area contributed by atoms with Crippen molar-refractivity contribution in [1.29, 1.82) is 0 Å². The average Bonchev–Trinajstić information content (AvgIpc) is 3.52. The van der Waals surface area contributed by atoms with Gasteiger partial charge in [0.05, 0.1) is 27.9 Å². The van der Waals surface area contributed by atoms with Gasteiger partial charge in [0.1, 0.15) is 5.75 Å². The molecule has 0 aliphatic carbocycles. The van der Waals surface area contributed by atoms with Gasteiger partial charge >= 0.3 is 0 Å². The van der Waals surface area contributed by atoms with Crippen molar-refractivity contribution in [2.45, 2.75) is 26.2 Å². The summed E-state index contributed by atoms with van der Waals surface area (Å²) >= 11 is 0. The number of nitrogens with zero attached hydrogens (tertiary/aromatic N) is 4. The van der Waals surface area contributed by atoms with Crippen molar-refractivity contribution in [3.8, 4) is 56.2 Å². The Kier molecular flexibility index (Phi) is 8.48. The first-order valence-electron chi connectivity index (χ1n) is 16.1. The molecule has 6 heteroatoms. The Morgan fingerprint density at radius 2 is 1.31 bits per heavy atom. The minimum Gasteiger partial charge on any atom is -0.507 e. The van der Waals surface area contributed by atoms with E-state index in [-0.39, 0.29) is 32.2 Å². The minimum atomic E-state index is 0. The van der Waals surface area contributed by atoms with E-state index in [1.165, 1.54) is 5.56 Å². The van der Waals surface area contributed by atoms with Gasteiger partial charge < -0.3 is 9.67 Å². The molecule has 8 rings (SSSR count). The molecule has 6 aromatic carbocycles. The molecule has 0 amide bonds. The van der Waals surface area contributed by atoms with Gasteiger partial charge in [-0.3, -0.25) is 15.0 Å². The summed E-state index contributed by atoms with van der Waals surface area (Å²) in [5, 5.41) is 10.8. The van der Waals surface area contributed by atoms with Crippen LogP contribution in [-0.2, 0) is 26.5 Å². The first-order chi connectivity index (χ1) is 23.3. The van der Waals surface area contributed by atoms with E-state index in [0.717, 1.165) is 72.5 Å². The second-order valence-electron chi connectivity index (χ2n) is 13.1. The zero-order chi connectivity index (χ0) is 32.8. The van der Waals surface area contributed by atoms with Gasteiger partial charge in [0.25, 0.3) is 0 Å². The van der Waals surface area contributed by atoms with Crippen LogP contribution in [0.5, 0.6) is 5.75 Å². The summed E-state index contributed by atoms with van der Waals surface area (Å²) in [6, 6.07) is 46.7. The summed E-state index contributed by atoms with van der Waals surface area (Å²) in [5.41, 5.74) is 12.1. The van der Waals surface area contributed by atoms with E-state index in [2.05, 4.69) is 109 Å². The Bertz CT molecular complexity index is 2440. The standard InChI is InChI=1S/C43H33N4O.Pt/c1-43(2,3)32-19-21-33(22-20-32)47-38-17-10-16-35(34-15-7-8-18-39(34)48)41(38)46-42(47)30-14-9-13-29(25-30)36-26-31(28-11-5-4-6-12-28)27-37-40(36)45-24-23-44-37;/h4-24,26-27,48H,1-3H3;/q-1;. The molecular formula is C43H33N4OPt-. The summed E-state index contributed by atoms with van der Waals surface area (Å²) < 4.78 is 2.19. The zero-order valence-electron chi connectivity index (χ0n) is 27.3. The molecule has 0 saturated heterocycles. The molecule has 0 unspecified atom stereocenters. The van der Waals surface area contributed by atoms with Gasteiger partial charge in [0, 0.05) is 50.3 Å². The molecule has 2 aromatic heterocycles. The van der Waals surface area contributed by atoms with Crippen LogP contribution in [0.2, 0.25) is 0 Å². The van der Waals surface area contributed by atoms with E-state index in [1.807, 2.05) is 48.5 Å². The fourth-order valence-electron chi connectivity index (χ4n) is 6.40. The molecule has 0 atom stereocenters. The van der Waals surface area contributed by atoms with Crippen LogP contribution in [0.4, 0.5) is 0 Å². The number of phenolic OH excluding ortho intramolecular Hbond substituents is 1. The summed E-state index contributed by atoms with van der Waals surface area (Å²) in [6.07, 6.45) is 3.47. The van der Waals surface area contributed by atoms with Gasteiger partial charge in [-0.1, -0.05) is 111 Å². The second-order valence-corrected chi connectivity index (χ2v) is 13.1. The van der Waals surface area contributed by atoms with Crippen molar-refractivity contribution in [3.05, 3.63) is 151 Å². The van der Waals surface area contributed by atoms with Gasteiger partial charge in [-0.2, -0.15) is 0 Å². The molecule has 0 aliphatic rings. The van der Waals surface area contributed by atoms with Gasteiger partial charge in [0.2, 0.25) is 0 Å². The molecule has 0 saturated carbocycles. The summed E-state index contributed by atoms with van der Waals surface area (Å²) in [7, 11) is 0. The molecule has 0 spiro atoms. The number of aromatic nitrogens is 4. The van der Waals surface area contributed by atoms with Crippen molar-refractivity contribution in [2.75, 3.05) is 0 Å². The number of para-hydroxylation sites is 2. The predicted molar refractivity (Wildman–Crippen MR) is 195 cm³/mol. The third kappa shape index (κ3) is 5.96. The van der Waals surface area contributed by atoms with Crippen molar-refractivity contribution in [1.82, 2.24) is 19.5 Å². The number of aromatic hydroxyl groups is 1. The SMILES string of the molecule is CC(C)(C)c1ccc(-n2c(-c3[c-]c(-c4cc(-c5ccccc5)cc5nccnc45)ccc3)nc3c(-c4ccccc4O)cccc32)cc1.[Pt]. The number of rotatable bonds is 5. The first-order valence-corrected chi connectivity index (χ1v) is 16.1. The topological polar surface area (TPSA) is 63.8 Å². The van der Waals surface area contributed by atoms with Gasteiger partial charge in [-0.15, -0.1) is 29.8 Å². The molecule has 242 valence electrons. The van der Waals surface area contributed by atoms with E-state index < -0.39 is 0 Å². The smallest absolute Gasteiger partial charge is 0.123 e. The molecule has 0 radical (unpaired) electrons. The number of imidazole rings is 1. The molecule has 8 aromatic rings. The van der Waals surface area contributed by atoms with Crippen LogP contribution in [0.25, 0.3) is 72.5 Å². The van der Waals surface area contributed by atoms with E-state index in [0.29, 0.717) is 0 Å². The quantitative estimate of drug-likeness (QED) is 0.176. The Hall–Kier alpha value is -5.38. The van der Waals surface area contributed by atoms with E-state index in [1.54, 1.807) is 18.5 Å². The van der Waals surface area contributed by atoms with Crippen LogP contribution in [0.1, 0.15) is 26.3 Å². The molecule has 0 fully saturated rings. The summed E-state index contributed by atoms with van der Waals surface area (Å²) in [6.45, 7) is 6.67. The molecule has 1 N–H and O–H groups in total. The Morgan fingerprint density at radius 3 is 2.08 bits per heavy atom. The minimum absolute atomic E-state index is 0. The maximum absolute atomic E-state index is 10.8. The summed E-state index contributed by atoms with van der Waals surface area (Å²) in [5.74, 6) is 0.975. The van der Waals surface area contributed by atoms with Crippen LogP contribution in [-0.4, -0.2) is 24.6 Å². The van der Waals surface area contributed by atoms with Crippen molar-refractivity contribution < 1.29 is 26.2 Å². The Labute approximate surface area is 300 Å². The number of phenols is 1. The van der Waals surface area contributed by atoms with Crippen LogP contribution >= 0.6 is 0 Å². The van der Waals surface area contributed by atoms with E-state index in [9.17, 15) is 5.11 Å². The predicted octanol–water partition coefficient (Wildman–Crippen LogP) is 10.4. The van der Waals surface area contributed by atoms with Crippen molar-refractivity contribution >= 4 is 22.1 Å². The molecule has 2 heterocycles. The van der Waals surface area contributed by atoms with E-state index >= 15 is 0 Å². The third-order valence-electron chi connectivity index (χ3n) is 8.88. The first kappa shape index (κ1) is 32.2. The van der Waals surface area contributed by atoms with Crippen LogP contribution in [0, 0.1) is 6.07 Å². The number of hydrogen-bond acceptors (Lipinski definition) is 4. The van der Waals surface area contributed by atoms with Gasteiger partial charge in [-0.05, 0) is 52.4 Å². The van der Waals surface area contributed by atoms with Gasteiger partial charge in [-0.25, -0.2) is 0 Å². The van der Waals surface area contributed by atoms with Crippen LogP contribution < -0.4 is 0 Å². The number of hydrogen-bond donors (Lipinski definition) is 1. The summed E-state index contributed by atoms with van der Waals surface area (Å²) in [4.78, 5) is 14.7. The van der Waals surface area contributed by atoms with Crippen molar-refractivity contribution in [2.24, 2.45) is 0 Å². The Balaban J connectivity index is 0.00000378. The molecule has 0 bridgehead atoms. The Morgan fingerprint density at radius 1 is 0.612 bits per heavy atom. The van der Waals surface area contributed by atoms with Crippen LogP contribution in [0.3, 0.4) is 0 Å². The largest absolute Gasteiger partial charge is 0.507 e. The number of fused-ring (bicyclic) bond motifs is 2. The molecule has 5 nitrogen and oxygen atoms in total. The van der Waals surface area contributed by atoms with Crippen molar-refractivity contribution in [3.63, 3.8) is 0 Å². The fourth-order valence-corrected chi connectivity index (χ4v) is 6.40.